The smallest absolute Gasteiger partial charge is 0.307 e. The van der Waals surface area contributed by atoms with Gasteiger partial charge in [-0.2, -0.15) is 5.10 Å². The molecular formula is C27H17Br3N2O3. The number of rotatable bonds is 6. The maximum absolute atomic E-state index is 12.5. The molecule has 1 heterocycles. The van der Waals surface area contributed by atoms with E-state index in [2.05, 4.69) is 82.6 Å². The molecule has 5 rings (SSSR count). The van der Waals surface area contributed by atoms with Gasteiger partial charge in [0.1, 0.15) is 17.9 Å². The van der Waals surface area contributed by atoms with E-state index >= 15 is 0 Å². The molecular weight excluding hydrogens is 640 g/mol. The molecule has 0 fully saturated rings. The summed E-state index contributed by atoms with van der Waals surface area (Å²) in [5.41, 5.74) is 5.02. The third kappa shape index (κ3) is 5.34. The Bertz CT molecular complexity index is 1590. The van der Waals surface area contributed by atoms with Crippen molar-refractivity contribution in [3.63, 3.8) is 0 Å². The van der Waals surface area contributed by atoms with E-state index in [9.17, 15) is 4.79 Å². The number of furan rings is 1. The Morgan fingerprint density at radius 3 is 2.60 bits per heavy atom. The normalized spacial score (nSPS) is 11.4. The summed E-state index contributed by atoms with van der Waals surface area (Å²) in [7, 11) is 0. The Hall–Kier alpha value is -2.94. The van der Waals surface area contributed by atoms with Crippen LogP contribution in [0.3, 0.4) is 0 Å². The van der Waals surface area contributed by atoms with Crippen LogP contribution in [0.25, 0.3) is 21.7 Å². The average Bonchev–Trinajstić information content (AvgIpc) is 3.28. The summed E-state index contributed by atoms with van der Waals surface area (Å²) in [4.78, 5) is 12.5. The molecule has 0 unspecified atom stereocenters. The monoisotopic (exact) mass is 654 g/mol. The molecule has 0 saturated heterocycles. The van der Waals surface area contributed by atoms with Crippen molar-refractivity contribution in [3.8, 4) is 5.75 Å². The summed E-state index contributed by atoms with van der Waals surface area (Å²) in [5, 5.41) is 7.23. The summed E-state index contributed by atoms with van der Waals surface area (Å²) < 4.78 is 14.2. The zero-order valence-corrected chi connectivity index (χ0v) is 22.9. The van der Waals surface area contributed by atoms with Crippen LogP contribution in [-0.4, -0.2) is 12.1 Å². The van der Waals surface area contributed by atoms with Crippen LogP contribution in [0.2, 0.25) is 0 Å². The molecule has 0 radical (unpaired) electrons. The molecule has 4 aromatic carbocycles. The molecule has 35 heavy (non-hydrogen) atoms. The lowest BCUT2D eigenvalue weighted by molar-refractivity contribution is 0.0929. The number of carbonyl (C=O) groups is 1. The number of carbonyl (C=O) groups excluding carboxylic acids is 1. The molecule has 0 saturated carbocycles. The second kappa shape index (κ2) is 10.4. The van der Waals surface area contributed by atoms with Crippen molar-refractivity contribution in [2.45, 2.75) is 6.61 Å². The van der Waals surface area contributed by atoms with Crippen molar-refractivity contribution in [2.75, 3.05) is 0 Å². The zero-order chi connectivity index (χ0) is 24.4. The number of hydrogen-bond donors (Lipinski definition) is 1. The Morgan fingerprint density at radius 1 is 0.914 bits per heavy atom. The molecule has 5 nitrogen and oxygen atoms in total. The first-order valence-electron chi connectivity index (χ1n) is 10.6. The molecule has 0 aliphatic carbocycles. The number of halogens is 3. The van der Waals surface area contributed by atoms with Gasteiger partial charge in [0.15, 0.2) is 5.76 Å². The fourth-order valence-electron chi connectivity index (χ4n) is 3.70. The number of ether oxygens (including phenoxy) is 1. The third-order valence-corrected chi connectivity index (χ3v) is 7.02. The lowest BCUT2D eigenvalue weighted by Crippen LogP contribution is -2.16. The molecule has 0 aliphatic heterocycles. The number of benzene rings is 4. The summed E-state index contributed by atoms with van der Waals surface area (Å²) in [6.45, 7) is 0.452. The number of hydrazone groups is 1. The predicted octanol–water partition coefficient (Wildman–Crippen LogP) is 8.22. The van der Waals surface area contributed by atoms with Gasteiger partial charge in [0.2, 0.25) is 0 Å². The molecule has 0 atom stereocenters. The number of nitrogens with one attached hydrogen (secondary N) is 1. The highest BCUT2D eigenvalue weighted by molar-refractivity contribution is 9.11. The minimum absolute atomic E-state index is 0.175. The first-order valence-corrected chi connectivity index (χ1v) is 13.0. The van der Waals surface area contributed by atoms with Gasteiger partial charge >= 0.3 is 5.91 Å². The molecule has 5 aromatic rings. The predicted molar refractivity (Wildman–Crippen MR) is 149 cm³/mol. The fourth-order valence-corrected chi connectivity index (χ4v) is 5.55. The zero-order valence-electron chi connectivity index (χ0n) is 18.1. The van der Waals surface area contributed by atoms with Gasteiger partial charge in [0, 0.05) is 9.86 Å². The average molecular weight is 657 g/mol. The maximum Gasteiger partial charge on any atom is 0.307 e. The van der Waals surface area contributed by atoms with Crippen LogP contribution in [0, 0.1) is 0 Å². The largest absolute Gasteiger partial charge is 0.488 e. The minimum atomic E-state index is -0.436. The van der Waals surface area contributed by atoms with Gasteiger partial charge in [-0.3, -0.25) is 4.79 Å². The molecule has 0 aliphatic rings. The van der Waals surface area contributed by atoms with Gasteiger partial charge in [-0.05, 0) is 90.2 Å². The third-order valence-electron chi connectivity index (χ3n) is 5.36. The van der Waals surface area contributed by atoms with Gasteiger partial charge in [0.25, 0.3) is 0 Å². The first kappa shape index (κ1) is 23.8. The van der Waals surface area contributed by atoms with Crippen LogP contribution in [0.15, 0.2) is 102 Å². The quantitative estimate of drug-likeness (QED) is 0.148. The van der Waals surface area contributed by atoms with Crippen LogP contribution >= 0.6 is 47.8 Å². The molecule has 0 bridgehead atoms. The van der Waals surface area contributed by atoms with Gasteiger partial charge in [-0.1, -0.05) is 58.4 Å². The lowest BCUT2D eigenvalue weighted by atomic mass is 10.1. The highest BCUT2D eigenvalue weighted by atomic mass is 79.9. The van der Waals surface area contributed by atoms with Crippen LogP contribution < -0.4 is 10.2 Å². The van der Waals surface area contributed by atoms with Crippen molar-refractivity contribution in [1.82, 2.24) is 5.43 Å². The highest BCUT2D eigenvalue weighted by Crippen LogP contribution is 2.31. The van der Waals surface area contributed by atoms with E-state index in [1.54, 1.807) is 12.3 Å². The van der Waals surface area contributed by atoms with E-state index in [0.29, 0.717) is 12.2 Å². The second-order valence-electron chi connectivity index (χ2n) is 7.73. The van der Waals surface area contributed by atoms with Crippen molar-refractivity contribution in [3.05, 3.63) is 109 Å². The van der Waals surface area contributed by atoms with E-state index in [-0.39, 0.29) is 5.76 Å². The van der Waals surface area contributed by atoms with Gasteiger partial charge in [-0.25, -0.2) is 5.43 Å². The van der Waals surface area contributed by atoms with E-state index < -0.39 is 5.91 Å². The summed E-state index contributed by atoms with van der Waals surface area (Å²) in [6, 6.07) is 25.5. The fraction of sp³-hybridized carbons (Fsp3) is 0.0370. The Kier molecular flexibility index (Phi) is 7.04. The second-order valence-corrected chi connectivity index (χ2v) is 10.4. The van der Waals surface area contributed by atoms with E-state index in [1.807, 2.05) is 48.5 Å². The lowest BCUT2D eigenvalue weighted by Gasteiger charge is -2.11. The van der Waals surface area contributed by atoms with Crippen LogP contribution in [-0.2, 0) is 6.61 Å². The van der Waals surface area contributed by atoms with Gasteiger partial charge in [0.05, 0.1) is 15.2 Å². The van der Waals surface area contributed by atoms with Crippen molar-refractivity contribution in [2.24, 2.45) is 5.10 Å². The molecule has 1 N–H and O–H groups in total. The van der Waals surface area contributed by atoms with E-state index in [0.717, 1.165) is 35.7 Å². The molecule has 8 heteroatoms. The first-order chi connectivity index (χ1) is 17.0. The maximum atomic E-state index is 12.5. The Balaban J connectivity index is 1.23. The van der Waals surface area contributed by atoms with E-state index in [4.69, 9.17) is 9.15 Å². The molecule has 1 amide bonds. The Labute approximate surface area is 226 Å². The Morgan fingerprint density at radius 2 is 1.74 bits per heavy atom. The summed E-state index contributed by atoms with van der Waals surface area (Å²) >= 11 is 10.4. The molecule has 0 spiro atoms. The summed E-state index contributed by atoms with van der Waals surface area (Å²) in [5.74, 6) is 0.460. The molecule has 1 aromatic heterocycles. The highest BCUT2D eigenvalue weighted by Gasteiger charge is 2.14. The minimum Gasteiger partial charge on any atom is -0.488 e. The van der Waals surface area contributed by atoms with Crippen LogP contribution in [0.4, 0.5) is 0 Å². The number of nitrogens with zero attached hydrogens (tertiary/aromatic N) is 1. The SMILES string of the molecule is O=C(N/N=C\c1ccc(OCc2cccc3ccccc23)c(Br)c1)c1cc2cc(Br)cc(Br)c2o1. The molecule has 174 valence electrons. The topological polar surface area (TPSA) is 63.8 Å². The van der Waals surface area contributed by atoms with E-state index in [1.165, 1.54) is 10.8 Å². The van der Waals surface area contributed by atoms with Gasteiger partial charge < -0.3 is 9.15 Å². The number of hydrogen-bond acceptors (Lipinski definition) is 4. The van der Waals surface area contributed by atoms with Crippen molar-refractivity contribution >= 4 is 81.7 Å². The van der Waals surface area contributed by atoms with Crippen molar-refractivity contribution < 1.29 is 13.9 Å². The van der Waals surface area contributed by atoms with Crippen molar-refractivity contribution in [1.29, 1.82) is 0 Å². The van der Waals surface area contributed by atoms with Crippen LogP contribution in [0.1, 0.15) is 21.7 Å². The van der Waals surface area contributed by atoms with Crippen LogP contribution in [0.5, 0.6) is 5.75 Å². The van der Waals surface area contributed by atoms with Gasteiger partial charge in [-0.15, -0.1) is 0 Å². The number of amides is 1. The number of fused-ring (bicyclic) bond motifs is 2. The summed E-state index contributed by atoms with van der Waals surface area (Å²) in [6.07, 6.45) is 1.56. The standard InChI is InChI=1S/C27H17Br3N2O3/c28-20-11-19-12-25(35-26(19)23(30)13-20)27(33)32-31-14-16-8-9-24(22(29)10-16)34-15-18-6-3-5-17-4-1-2-7-21(17)18/h1-14H,15H2,(H,32,33)/b31-14-.